The van der Waals surface area contributed by atoms with Gasteiger partial charge >= 0.3 is 0 Å². The van der Waals surface area contributed by atoms with E-state index in [2.05, 4.69) is 11.4 Å². The number of nitrogens with one attached hydrogen (secondary N) is 1. The molecule has 1 aromatic heterocycles. The van der Waals surface area contributed by atoms with Crippen molar-refractivity contribution in [3.8, 4) is 0 Å². The second-order valence-electron chi connectivity index (χ2n) is 7.25. The maximum atomic E-state index is 12.7. The molecule has 0 saturated heterocycles. The van der Waals surface area contributed by atoms with Crippen molar-refractivity contribution >= 4 is 32.8 Å². The Morgan fingerprint density at radius 2 is 1.93 bits per heavy atom. The van der Waals surface area contributed by atoms with E-state index in [1.54, 1.807) is 17.4 Å². The Balaban J connectivity index is 1.52. The number of benzene rings is 1. The second kappa shape index (κ2) is 9.51. The molecule has 2 aromatic rings. The van der Waals surface area contributed by atoms with Crippen LogP contribution in [0, 0.1) is 0 Å². The molecule has 0 radical (unpaired) electrons. The number of aryl methyl sites for hydroxylation is 1. The molecule has 0 unspecified atom stereocenters. The average molecular weight is 406 g/mol. The summed E-state index contributed by atoms with van der Waals surface area (Å²) < 4.78 is 25.3. The summed E-state index contributed by atoms with van der Waals surface area (Å²) in [5.74, 6) is 0.0265. The molecule has 1 fully saturated rings. The highest BCUT2D eigenvalue weighted by Crippen LogP contribution is 2.26. The molecule has 27 heavy (non-hydrogen) atoms. The molecule has 0 spiro atoms. The largest absolute Gasteiger partial charge is 0.326 e. The number of anilines is 1. The van der Waals surface area contributed by atoms with Gasteiger partial charge in [0.15, 0.2) is 9.84 Å². The van der Waals surface area contributed by atoms with E-state index in [-0.39, 0.29) is 16.9 Å². The van der Waals surface area contributed by atoms with Gasteiger partial charge in [-0.05, 0) is 54.8 Å². The fraction of sp³-hybridized carbons (Fsp3) is 0.476. The minimum absolute atomic E-state index is 0.0288. The van der Waals surface area contributed by atoms with Crippen molar-refractivity contribution < 1.29 is 13.2 Å². The maximum absolute atomic E-state index is 12.7. The first-order chi connectivity index (χ1) is 13.0. The molecule has 0 aliphatic heterocycles. The summed E-state index contributed by atoms with van der Waals surface area (Å²) in [5.41, 5.74) is 1.42. The van der Waals surface area contributed by atoms with E-state index >= 15 is 0 Å². The highest BCUT2D eigenvalue weighted by atomic mass is 32.2. The van der Waals surface area contributed by atoms with E-state index < -0.39 is 9.84 Å². The molecule has 146 valence electrons. The van der Waals surface area contributed by atoms with E-state index in [4.69, 9.17) is 0 Å². The fourth-order valence-corrected chi connectivity index (χ4v) is 6.30. The second-order valence-corrected chi connectivity index (χ2v) is 10.6. The van der Waals surface area contributed by atoms with Gasteiger partial charge in [0.25, 0.3) is 0 Å². The zero-order valence-corrected chi connectivity index (χ0v) is 17.2. The molecule has 1 aromatic carbocycles. The molecule has 1 saturated carbocycles. The average Bonchev–Trinajstić information content (AvgIpc) is 3.16. The molecule has 1 aliphatic carbocycles. The molecule has 1 amide bonds. The van der Waals surface area contributed by atoms with Crippen LogP contribution in [0.15, 0.2) is 41.8 Å². The first-order valence-electron chi connectivity index (χ1n) is 9.66. The van der Waals surface area contributed by atoms with Crippen LogP contribution < -0.4 is 5.32 Å². The summed E-state index contributed by atoms with van der Waals surface area (Å²) in [6.45, 7) is 0. The van der Waals surface area contributed by atoms with E-state index in [1.165, 1.54) is 4.88 Å². The topological polar surface area (TPSA) is 63.2 Å². The van der Waals surface area contributed by atoms with E-state index in [9.17, 15) is 13.2 Å². The van der Waals surface area contributed by atoms with Crippen LogP contribution in [0.3, 0.4) is 0 Å². The zero-order chi connectivity index (χ0) is 19.1. The normalized spacial score (nSPS) is 15.6. The number of hydrogen-bond donors (Lipinski definition) is 1. The van der Waals surface area contributed by atoms with Crippen LogP contribution in [0.2, 0.25) is 0 Å². The van der Waals surface area contributed by atoms with Crippen LogP contribution in [0.1, 0.15) is 55.4 Å². The number of carbonyl (C=O) groups is 1. The van der Waals surface area contributed by atoms with Crippen molar-refractivity contribution in [2.24, 2.45) is 0 Å². The monoisotopic (exact) mass is 405 g/mol. The van der Waals surface area contributed by atoms with Gasteiger partial charge < -0.3 is 5.32 Å². The van der Waals surface area contributed by atoms with Gasteiger partial charge in [-0.25, -0.2) is 8.42 Å². The number of sulfone groups is 1. The molecule has 3 rings (SSSR count). The highest BCUT2D eigenvalue weighted by Gasteiger charge is 2.27. The third kappa shape index (κ3) is 6.18. The van der Waals surface area contributed by atoms with Crippen molar-refractivity contribution in [2.45, 2.75) is 62.4 Å². The highest BCUT2D eigenvalue weighted by molar-refractivity contribution is 7.91. The zero-order valence-electron chi connectivity index (χ0n) is 15.5. The Morgan fingerprint density at radius 3 is 2.67 bits per heavy atom. The fourth-order valence-electron chi connectivity index (χ4n) is 3.61. The van der Waals surface area contributed by atoms with Crippen molar-refractivity contribution in [2.75, 3.05) is 5.32 Å². The van der Waals surface area contributed by atoms with Gasteiger partial charge in [-0.2, -0.15) is 0 Å². The summed E-state index contributed by atoms with van der Waals surface area (Å²) in [6, 6.07) is 11.3. The van der Waals surface area contributed by atoms with Crippen LogP contribution in [-0.4, -0.2) is 19.6 Å². The van der Waals surface area contributed by atoms with Crippen molar-refractivity contribution in [3.05, 3.63) is 52.2 Å². The van der Waals surface area contributed by atoms with E-state index in [0.717, 1.165) is 50.5 Å². The number of thiophene rings is 1. The molecule has 1 N–H and O–H groups in total. The van der Waals surface area contributed by atoms with Gasteiger partial charge in [-0.3, -0.25) is 4.79 Å². The Kier molecular flexibility index (Phi) is 7.07. The van der Waals surface area contributed by atoms with Crippen molar-refractivity contribution in [1.82, 2.24) is 0 Å². The third-order valence-corrected chi connectivity index (χ3v) is 8.20. The number of carbonyl (C=O) groups excluding carboxylic acids is 1. The molecule has 0 bridgehead atoms. The molecule has 1 aliphatic rings. The van der Waals surface area contributed by atoms with Gasteiger partial charge in [0.1, 0.15) is 0 Å². The van der Waals surface area contributed by atoms with Gasteiger partial charge in [0.2, 0.25) is 5.91 Å². The van der Waals surface area contributed by atoms with Gasteiger partial charge in [-0.1, -0.05) is 37.5 Å². The van der Waals surface area contributed by atoms with Crippen LogP contribution in [0.25, 0.3) is 0 Å². The summed E-state index contributed by atoms with van der Waals surface area (Å²) in [6.07, 6.45) is 6.89. The lowest BCUT2D eigenvalue weighted by atomic mass is 10.0. The molecule has 0 atom stereocenters. The minimum Gasteiger partial charge on any atom is -0.326 e. The van der Waals surface area contributed by atoms with Crippen molar-refractivity contribution in [1.29, 1.82) is 0 Å². The van der Waals surface area contributed by atoms with E-state index in [0.29, 0.717) is 12.1 Å². The molecular weight excluding hydrogens is 378 g/mol. The summed E-state index contributed by atoms with van der Waals surface area (Å²) in [4.78, 5) is 13.4. The van der Waals surface area contributed by atoms with Crippen molar-refractivity contribution in [3.63, 3.8) is 0 Å². The van der Waals surface area contributed by atoms with Crippen LogP contribution in [0.4, 0.5) is 5.69 Å². The Bertz CT molecular complexity index is 838. The lowest BCUT2D eigenvalue weighted by Crippen LogP contribution is -2.25. The van der Waals surface area contributed by atoms with Gasteiger partial charge in [0.05, 0.1) is 11.0 Å². The van der Waals surface area contributed by atoms with Gasteiger partial charge in [-0.15, -0.1) is 11.3 Å². The summed E-state index contributed by atoms with van der Waals surface area (Å²) in [5, 5.41) is 4.73. The van der Waals surface area contributed by atoms with Crippen LogP contribution in [-0.2, 0) is 26.8 Å². The van der Waals surface area contributed by atoms with Gasteiger partial charge in [0, 0.05) is 17.0 Å². The standard InChI is InChI=1S/C21H27NO3S2/c23-21(13-5-9-19-10-6-14-26-19)22-18-8-4-7-17(15-18)16-27(24,25)20-11-2-1-3-12-20/h4,6-8,10,14-15,20H,1-3,5,9,11-13,16H2,(H,22,23). The number of amides is 1. The van der Waals surface area contributed by atoms with E-state index in [1.807, 2.05) is 29.6 Å². The molecule has 4 nitrogen and oxygen atoms in total. The number of rotatable bonds is 8. The summed E-state index contributed by atoms with van der Waals surface area (Å²) in [7, 11) is -3.13. The first-order valence-corrected chi connectivity index (χ1v) is 12.3. The number of hydrogen-bond acceptors (Lipinski definition) is 4. The van der Waals surface area contributed by atoms with Crippen LogP contribution in [0.5, 0.6) is 0 Å². The smallest absolute Gasteiger partial charge is 0.224 e. The Labute approximate surface area is 165 Å². The molecule has 6 heteroatoms. The first kappa shape index (κ1) is 20.1. The maximum Gasteiger partial charge on any atom is 0.224 e. The SMILES string of the molecule is O=C(CCCc1cccs1)Nc1cccc(CS(=O)(=O)C2CCCCC2)c1. The minimum atomic E-state index is -3.13. The lowest BCUT2D eigenvalue weighted by molar-refractivity contribution is -0.116. The summed E-state index contributed by atoms with van der Waals surface area (Å²) >= 11 is 1.71. The van der Waals surface area contributed by atoms with Crippen LogP contribution >= 0.6 is 11.3 Å². The lowest BCUT2D eigenvalue weighted by Gasteiger charge is -2.21. The molecule has 1 heterocycles. The molecular formula is C21H27NO3S2. The quantitative estimate of drug-likeness (QED) is 0.675. The predicted octanol–water partition coefficient (Wildman–Crippen LogP) is 4.96. The Hall–Kier alpha value is -1.66. The third-order valence-electron chi connectivity index (χ3n) is 5.05. The predicted molar refractivity (Wildman–Crippen MR) is 112 cm³/mol. The Morgan fingerprint density at radius 1 is 1.11 bits per heavy atom.